The van der Waals surface area contributed by atoms with Gasteiger partial charge in [-0.2, -0.15) is 0 Å². The average Bonchev–Trinajstić information content (AvgIpc) is 3.31. The van der Waals surface area contributed by atoms with Crippen molar-refractivity contribution in [3.05, 3.63) is 97.2 Å². The van der Waals surface area contributed by atoms with Crippen LogP contribution >= 0.6 is 0 Å². The van der Waals surface area contributed by atoms with Gasteiger partial charge in [0.05, 0.1) is 18.8 Å². The maximum atomic E-state index is 12.5. The average molecular weight is 903 g/mol. The van der Waals surface area contributed by atoms with Crippen molar-refractivity contribution in [2.45, 2.75) is 276 Å². The summed E-state index contributed by atoms with van der Waals surface area (Å²) in [4.78, 5) is 12.5. The fourth-order valence-electron chi connectivity index (χ4n) is 8.06. The van der Waals surface area contributed by atoms with Crippen molar-refractivity contribution in [1.29, 1.82) is 0 Å². The van der Waals surface area contributed by atoms with Gasteiger partial charge in [-0.1, -0.05) is 265 Å². The quantitative estimate of drug-likeness (QED) is 0.0421. The minimum atomic E-state index is -0.878. The number of amides is 1. The number of hydrogen-bond donors (Lipinski definition) is 3. The molecule has 3 N–H and O–H groups in total. The summed E-state index contributed by atoms with van der Waals surface area (Å²) in [6, 6.07) is -0.654. The molecule has 4 heteroatoms. The standard InChI is InChI=1S/C61H107NO3/c1-3-5-7-9-11-13-15-17-19-21-23-25-27-29-31-33-35-37-39-41-43-45-47-49-51-53-55-57-61(65)62-59(58-63)60(64)56-54-52-50-48-46-44-42-40-38-36-34-32-30-28-26-24-22-20-18-16-14-12-10-8-6-4-2/h5,7,11,13,17,19,23,25,29,31,38,40,46,48,54,56,59-60,63-64H,3-4,6,8-10,12,14-16,18,20-22,24,26-28,30,32-37,39,41-45,47,49-53,55,57-58H2,1-2H3,(H,62,65)/b7-5-,13-11-,19-17-,25-23-,31-29-,40-38+,48-46+,56-54+. The minimum absolute atomic E-state index is 0.0835. The lowest BCUT2D eigenvalue weighted by Gasteiger charge is -2.19. The Hall–Kier alpha value is -2.69. The highest BCUT2D eigenvalue weighted by Gasteiger charge is 2.17. The zero-order valence-corrected chi connectivity index (χ0v) is 43.0. The van der Waals surface area contributed by atoms with Crippen molar-refractivity contribution in [3.63, 3.8) is 0 Å². The fourth-order valence-corrected chi connectivity index (χ4v) is 8.06. The molecule has 0 radical (unpaired) electrons. The van der Waals surface area contributed by atoms with Crippen molar-refractivity contribution in [1.82, 2.24) is 5.32 Å². The van der Waals surface area contributed by atoms with Crippen LogP contribution in [0.4, 0.5) is 0 Å². The molecule has 0 aliphatic carbocycles. The van der Waals surface area contributed by atoms with Gasteiger partial charge >= 0.3 is 0 Å². The molecule has 0 aliphatic rings. The first-order valence-corrected chi connectivity index (χ1v) is 28.0. The van der Waals surface area contributed by atoms with Gasteiger partial charge in [-0.05, 0) is 89.9 Å². The van der Waals surface area contributed by atoms with Crippen LogP contribution in [0.3, 0.4) is 0 Å². The second kappa shape index (κ2) is 55.6. The van der Waals surface area contributed by atoms with Gasteiger partial charge in [0, 0.05) is 6.42 Å². The molecule has 0 aliphatic heterocycles. The van der Waals surface area contributed by atoms with Gasteiger partial charge in [-0.25, -0.2) is 0 Å². The van der Waals surface area contributed by atoms with Crippen LogP contribution in [0.2, 0.25) is 0 Å². The number of hydrogen-bond acceptors (Lipinski definition) is 3. The van der Waals surface area contributed by atoms with Crippen molar-refractivity contribution in [2.24, 2.45) is 0 Å². The maximum absolute atomic E-state index is 12.5. The SMILES string of the molecule is CC/C=C\C/C=C\C/C=C\C/C=C\C/C=C\CCCCCCCCCCCCCC(=O)NC(CO)C(O)/C=C/CC/C=C/CC/C=C/CCCCCCCCCCCCCCCCCC. The summed E-state index contributed by atoms with van der Waals surface area (Å²) >= 11 is 0. The Morgan fingerprint density at radius 3 is 1.08 bits per heavy atom. The Bertz CT molecular complexity index is 1210. The number of aliphatic hydroxyl groups excluding tert-OH is 2. The van der Waals surface area contributed by atoms with Crippen molar-refractivity contribution >= 4 is 5.91 Å². The lowest BCUT2D eigenvalue weighted by molar-refractivity contribution is -0.123. The van der Waals surface area contributed by atoms with E-state index < -0.39 is 12.1 Å². The molecule has 0 heterocycles. The monoisotopic (exact) mass is 902 g/mol. The summed E-state index contributed by atoms with van der Waals surface area (Å²) < 4.78 is 0. The lowest BCUT2D eigenvalue weighted by Crippen LogP contribution is -2.45. The van der Waals surface area contributed by atoms with Gasteiger partial charge in [-0.3, -0.25) is 4.79 Å². The van der Waals surface area contributed by atoms with E-state index in [1.807, 2.05) is 6.08 Å². The lowest BCUT2D eigenvalue weighted by atomic mass is 10.0. The van der Waals surface area contributed by atoms with Crippen molar-refractivity contribution in [2.75, 3.05) is 6.61 Å². The highest BCUT2D eigenvalue weighted by Crippen LogP contribution is 2.16. The molecular formula is C61H107NO3. The van der Waals surface area contributed by atoms with Crippen LogP contribution in [0.5, 0.6) is 0 Å². The highest BCUT2D eigenvalue weighted by molar-refractivity contribution is 5.76. The van der Waals surface area contributed by atoms with Crippen LogP contribution in [0, 0.1) is 0 Å². The van der Waals surface area contributed by atoms with E-state index in [1.165, 1.54) is 173 Å². The number of carbonyl (C=O) groups excluding carboxylic acids is 1. The summed E-state index contributed by atoms with van der Waals surface area (Å²) in [7, 11) is 0. The van der Waals surface area contributed by atoms with E-state index >= 15 is 0 Å². The van der Waals surface area contributed by atoms with Gasteiger partial charge in [-0.15, -0.1) is 0 Å². The molecule has 2 atom stereocenters. The number of unbranched alkanes of at least 4 members (excludes halogenated alkanes) is 29. The smallest absolute Gasteiger partial charge is 0.220 e. The van der Waals surface area contributed by atoms with Crippen LogP contribution in [-0.4, -0.2) is 34.9 Å². The second-order valence-electron chi connectivity index (χ2n) is 18.6. The van der Waals surface area contributed by atoms with E-state index in [9.17, 15) is 15.0 Å². The Morgan fingerprint density at radius 1 is 0.385 bits per heavy atom. The van der Waals surface area contributed by atoms with Crippen molar-refractivity contribution in [3.8, 4) is 0 Å². The molecule has 0 rings (SSSR count). The maximum Gasteiger partial charge on any atom is 0.220 e. The largest absolute Gasteiger partial charge is 0.394 e. The molecule has 2 unspecified atom stereocenters. The van der Waals surface area contributed by atoms with E-state index in [1.54, 1.807) is 6.08 Å². The van der Waals surface area contributed by atoms with Crippen LogP contribution in [-0.2, 0) is 4.79 Å². The molecule has 0 aromatic carbocycles. The van der Waals surface area contributed by atoms with Crippen LogP contribution in [0.25, 0.3) is 0 Å². The Kier molecular flexibility index (Phi) is 53.3. The Labute approximate surface area is 404 Å². The normalized spacial score (nSPS) is 13.6. The van der Waals surface area contributed by atoms with Gasteiger partial charge in [0.1, 0.15) is 0 Å². The zero-order valence-electron chi connectivity index (χ0n) is 43.0. The summed E-state index contributed by atoms with van der Waals surface area (Å²) in [5.74, 6) is -0.0835. The van der Waals surface area contributed by atoms with E-state index in [0.717, 1.165) is 70.6 Å². The van der Waals surface area contributed by atoms with Gasteiger partial charge in [0.2, 0.25) is 5.91 Å². The third kappa shape index (κ3) is 52.1. The first kappa shape index (κ1) is 62.3. The highest BCUT2D eigenvalue weighted by atomic mass is 16.3. The van der Waals surface area contributed by atoms with E-state index in [4.69, 9.17) is 0 Å². The molecular weight excluding hydrogens is 795 g/mol. The number of carbonyl (C=O) groups is 1. The Balaban J connectivity index is 3.61. The summed E-state index contributed by atoms with van der Waals surface area (Å²) in [6.45, 7) is 4.19. The summed E-state index contributed by atoms with van der Waals surface area (Å²) in [5.41, 5.74) is 0. The molecule has 0 spiro atoms. The predicted molar refractivity (Wildman–Crippen MR) is 290 cm³/mol. The molecule has 65 heavy (non-hydrogen) atoms. The van der Waals surface area contributed by atoms with E-state index in [0.29, 0.717) is 6.42 Å². The third-order valence-corrected chi connectivity index (χ3v) is 12.3. The molecule has 0 aromatic rings. The molecule has 0 saturated heterocycles. The molecule has 4 nitrogen and oxygen atoms in total. The Morgan fingerprint density at radius 2 is 0.692 bits per heavy atom. The number of allylic oxidation sites excluding steroid dienone is 15. The first-order valence-electron chi connectivity index (χ1n) is 28.0. The molecule has 1 amide bonds. The van der Waals surface area contributed by atoms with Crippen molar-refractivity contribution < 1.29 is 15.0 Å². The summed E-state index contributed by atoms with van der Waals surface area (Å²) in [6.07, 6.45) is 82.8. The van der Waals surface area contributed by atoms with Crippen LogP contribution in [0.15, 0.2) is 97.2 Å². The number of aliphatic hydroxyl groups is 2. The molecule has 374 valence electrons. The molecule has 0 saturated carbocycles. The van der Waals surface area contributed by atoms with Crippen LogP contribution in [0.1, 0.15) is 264 Å². The zero-order chi connectivity index (χ0) is 47.0. The third-order valence-electron chi connectivity index (χ3n) is 12.3. The van der Waals surface area contributed by atoms with Gasteiger partial charge in [0.15, 0.2) is 0 Å². The predicted octanol–water partition coefficient (Wildman–Crippen LogP) is 18.5. The number of rotatable bonds is 50. The molecule has 0 aromatic heterocycles. The summed E-state index contributed by atoms with van der Waals surface area (Å²) in [5, 5.41) is 23.1. The van der Waals surface area contributed by atoms with E-state index in [-0.39, 0.29) is 12.5 Å². The number of nitrogens with one attached hydrogen (secondary N) is 1. The van der Waals surface area contributed by atoms with Crippen LogP contribution < -0.4 is 5.32 Å². The van der Waals surface area contributed by atoms with E-state index in [2.05, 4.69) is 104 Å². The first-order chi connectivity index (χ1) is 32.2. The molecule has 0 fully saturated rings. The minimum Gasteiger partial charge on any atom is -0.394 e. The second-order valence-corrected chi connectivity index (χ2v) is 18.6. The van der Waals surface area contributed by atoms with Gasteiger partial charge < -0.3 is 15.5 Å². The molecule has 0 bridgehead atoms. The van der Waals surface area contributed by atoms with Gasteiger partial charge in [0.25, 0.3) is 0 Å². The topological polar surface area (TPSA) is 69.6 Å². The fraction of sp³-hybridized carbons (Fsp3) is 0.721.